The van der Waals surface area contributed by atoms with Crippen molar-refractivity contribution < 1.29 is 18.0 Å². The SMILES string of the molecule is C[C@@H]1CCCN(c2nn(CC(=O)Nc3cccc(C(F)(F)F)c3)c(=O)c3ccccc23)C1. The van der Waals surface area contributed by atoms with E-state index in [1.807, 2.05) is 12.1 Å². The molecule has 1 amide bonds. The van der Waals surface area contributed by atoms with Gasteiger partial charge in [0.05, 0.1) is 10.9 Å². The molecule has 0 unspecified atom stereocenters. The molecule has 3 aromatic rings. The number of anilines is 2. The van der Waals surface area contributed by atoms with Crippen LogP contribution in [0.4, 0.5) is 24.7 Å². The van der Waals surface area contributed by atoms with Crippen LogP contribution in [0.2, 0.25) is 0 Å². The minimum atomic E-state index is -4.52. The second kappa shape index (κ2) is 8.64. The molecule has 1 N–H and O–H groups in total. The lowest BCUT2D eigenvalue weighted by Gasteiger charge is -2.32. The molecule has 1 aliphatic rings. The van der Waals surface area contributed by atoms with Crippen LogP contribution in [0.1, 0.15) is 25.3 Å². The third kappa shape index (κ3) is 4.61. The van der Waals surface area contributed by atoms with Gasteiger partial charge in [-0.15, -0.1) is 0 Å². The highest BCUT2D eigenvalue weighted by Crippen LogP contribution is 2.31. The number of halogens is 3. The number of alkyl halides is 3. The Kier molecular flexibility index (Phi) is 5.90. The zero-order valence-electron chi connectivity index (χ0n) is 17.5. The summed E-state index contributed by atoms with van der Waals surface area (Å²) in [6.45, 7) is 3.35. The molecular weight excluding hydrogens is 421 g/mol. The molecule has 2 heterocycles. The zero-order valence-corrected chi connectivity index (χ0v) is 17.5. The number of nitrogens with zero attached hydrogens (tertiary/aromatic N) is 3. The van der Waals surface area contributed by atoms with Gasteiger partial charge >= 0.3 is 6.18 Å². The lowest BCUT2D eigenvalue weighted by atomic mass is 10.00. The van der Waals surface area contributed by atoms with Crippen LogP contribution in [0.3, 0.4) is 0 Å². The Morgan fingerprint density at radius 3 is 2.62 bits per heavy atom. The van der Waals surface area contributed by atoms with Crippen molar-refractivity contribution in [1.82, 2.24) is 9.78 Å². The van der Waals surface area contributed by atoms with Crippen molar-refractivity contribution in [3.8, 4) is 0 Å². The van der Waals surface area contributed by atoms with Crippen LogP contribution >= 0.6 is 0 Å². The molecule has 1 saturated heterocycles. The smallest absolute Gasteiger partial charge is 0.354 e. The van der Waals surface area contributed by atoms with Crippen molar-refractivity contribution in [3.63, 3.8) is 0 Å². The molecule has 2 aromatic carbocycles. The van der Waals surface area contributed by atoms with Crippen LogP contribution in [0, 0.1) is 5.92 Å². The molecule has 9 heteroatoms. The number of amides is 1. The van der Waals surface area contributed by atoms with Crippen molar-refractivity contribution in [2.45, 2.75) is 32.5 Å². The average molecular weight is 444 g/mol. The number of hydrogen-bond acceptors (Lipinski definition) is 4. The van der Waals surface area contributed by atoms with Crippen molar-refractivity contribution in [2.75, 3.05) is 23.3 Å². The van der Waals surface area contributed by atoms with E-state index in [4.69, 9.17) is 0 Å². The number of fused-ring (bicyclic) bond motifs is 1. The van der Waals surface area contributed by atoms with Crippen molar-refractivity contribution >= 4 is 28.2 Å². The van der Waals surface area contributed by atoms with E-state index >= 15 is 0 Å². The summed E-state index contributed by atoms with van der Waals surface area (Å²) in [7, 11) is 0. The first-order chi connectivity index (χ1) is 15.2. The van der Waals surface area contributed by atoms with Crippen LogP contribution in [-0.4, -0.2) is 28.8 Å². The molecule has 0 radical (unpaired) electrons. The van der Waals surface area contributed by atoms with Crippen LogP contribution in [0.25, 0.3) is 10.8 Å². The second-order valence-electron chi connectivity index (χ2n) is 8.15. The Balaban J connectivity index is 1.64. The van der Waals surface area contributed by atoms with Gasteiger partial charge in [0.25, 0.3) is 5.56 Å². The fraction of sp³-hybridized carbons (Fsp3) is 0.348. The second-order valence-corrected chi connectivity index (χ2v) is 8.15. The minimum absolute atomic E-state index is 0.00346. The summed E-state index contributed by atoms with van der Waals surface area (Å²) in [5.41, 5.74) is -1.28. The summed E-state index contributed by atoms with van der Waals surface area (Å²) in [6.07, 6.45) is -2.39. The van der Waals surface area contributed by atoms with E-state index in [0.717, 1.165) is 48.1 Å². The van der Waals surface area contributed by atoms with Gasteiger partial charge in [-0.3, -0.25) is 9.59 Å². The topological polar surface area (TPSA) is 67.2 Å². The molecule has 1 aliphatic heterocycles. The minimum Gasteiger partial charge on any atom is -0.354 e. The summed E-state index contributed by atoms with van der Waals surface area (Å²) in [4.78, 5) is 27.6. The highest BCUT2D eigenvalue weighted by atomic mass is 19.4. The van der Waals surface area contributed by atoms with E-state index in [0.29, 0.717) is 17.1 Å². The Bertz CT molecular complexity index is 1210. The number of rotatable bonds is 4. The molecular formula is C23H23F3N4O2. The lowest BCUT2D eigenvalue weighted by Crippen LogP contribution is -2.38. The zero-order chi connectivity index (χ0) is 22.9. The van der Waals surface area contributed by atoms with Gasteiger partial charge in [-0.05, 0) is 43.0 Å². The molecule has 1 atom stereocenters. The van der Waals surface area contributed by atoms with Gasteiger partial charge in [0.15, 0.2) is 5.82 Å². The number of piperidine rings is 1. The standard InChI is InChI=1S/C23H23F3N4O2/c1-15-6-5-11-29(13-15)21-18-9-2-3-10-19(18)22(32)30(28-21)14-20(31)27-17-8-4-7-16(12-17)23(24,25)26/h2-4,7-10,12,15H,5-6,11,13-14H2,1H3,(H,27,31)/t15-/m1/s1. The molecule has 4 rings (SSSR count). The number of hydrogen-bond donors (Lipinski definition) is 1. The van der Waals surface area contributed by atoms with Gasteiger partial charge in [0.2, 0.25) is 5.91 Å². The van der Waals surface area contributed by atoms with Crippen molar-refractivity contribution in [1.29, 1.82) is 0 Å². The Hall–Kier alpha value is -3.36. The summed E-state index contributed by atoms with van der Waals surface area (Å²) in [6, 6.07) is 11.5. The highest BCUT2D eigenvalue weighted by molar-refractivity contribution is 5.93. The molecule has 168 valence electrons. The number of aromatic nitrogens is 2. The number of carbonyl (C=O) groups is 1. The summed E-state index contributed by atoms with van der Waals surface area (Å²) in [5.74, 6) is 0.486. The molecule has 32 heavy (non-hydrogen) atoms. The maximum atomic E-state index is 13.0. The largest absolute Gasteiger partial charge is 0.416 e. The maximum Gasteiger partial charge on any atom is 0.416 e. The predicted molar refractivity (Wildman–Crippen MR) is 117 cm³/mol. The summed E-state index contributed by atoms with van der Waals surface area (Å²) in [5, 5.41) is 8.09. The number of benzene rings is 2. The van der Waals surface area contributed by atoms with E-state index < -0.39 is 29.8 Å². The van der Waals surface area contributed by atoms with E-state index in [1.165, 1.54) is 12.1 Å². The maximum absolute atomic E-state index is 13.0. The van der Waals surface area contributed by atoms with E-state index in [-0.39, 0.29) is 5.69 Å². The lowest BCUT2D eigenvalue weighted by molar-refractivity contribution is -0.137. The quantitative estimate of drug-likeness (QED) is 0.652. The van der Waals surface area contributed by atoms with Crippen LogP contribution in [0.5, 0.6) is 0 Å². The number of carbonyl (C=O) groups excluding carboxylic acids is 1. The van der Waals surface area contributed by atoms with Crippen molar-refractivity contribution in [2.24, 2.45) is 5.92 Å². The van der Waals surface area contributed by atoms with E-state index in [2.05, 4.69) is 22.2 Å². The molecule has 6 nitrogen and oxygen atoms in total. The summed E-state index contributed by atoms with van der Waals surface area (Å²) >= 11 is 0. The molecule has 1 aromatic heterocycles. The van der Waals surface area contributed by atoms with Gasteiger partial charge in [0.1, 0.15) is 6.54 Å². The Morgan fingerprint density at radius 1 is 1.16 bits per heavy atom. The first kappa shape index (κ1) is 21.9. The van der Waals surface area contributed by atoms with E-state index in [9.17, 15) is 22.8 Å². The molecule has 0 saturated carbocycles. The van der Waals surface area contributed by atoms with Crippen LogP contribution in [-0.2, 0) is 17.5 Å². The summed E-state index contributed by atoms with van der Waals surface area (Å²) < 4.78 is 39.9. The third-order valence-electron chi connectivity index (χ3n) is 5.57. The van der Waals surface area contributed by atoms with Crippen LogP contribution < -0.4 is 15.8 Å². The Morgan fingerprint density at radius 2 is 1.91 bits per heavy atom. The predicted octanol–water partition coefficient (Wildman–Crippen LogP) is 4.29. The van der Waals surface area contributed by atoms with Gasteiger partial charge in [-0.25, -0.2) is 4.68 Å². The van der Waals surface area contributed by atoms with Gasteiger partial charge < -0.3 is 10.2 Å². The first-order valence-electron chi connectivity index (χ1n) is 10.4. The molecule has 0 aliphatic carbocycles. The Labute approximate surface area is 182 Å². The average Bonchev–Trinajstić information content (AvgIpc) is 2.75. The van der Waals surface area contributed by atoms with E-state index in [1.54, 1.807) is 12.1 Å². The first-order valence-corrected chi connectivity index (χ1v) is 10.4. The fourth-order valence-electron chi connectivity index (χ4n) is 4.05. The fourth-order valence-corrected chi connectivity index (χ4v) is 4.05. The van der Waals surface area contributed by atoms with Crippen LogP contribution in [0.15, 0.2) is 53.3 Å². The highest BCUT2D eigenvalue weighted by Gasteiger charge is 2.30. The molecule has 0 spiro atoms. The molecule has 1 fully saturated rings. The molecule has 0 bridgehead atoms. The number of nitrogens with one attached hydrogen (secondary N) is 1. The van der Waals surface area contributed by atoms with Gasteiger partial charge in [-0.1, -0.05) is 31.2 Å². The normalized spacial score (nSPS) is 16.9. The van der Waals surface area contributed by atoms with Crippen molar-refractivity contribution in [3.05, 3.63) is 64.4 Å². The third-order valence-corrected chi connectivity index (χ3v) is 5.57. The van der Waals surface area contributed by atoms with Gasteiger partial charge in [-0.2, -0.15) is 18.3 Å². The van der Waals surface area contributed by atoms with Gasteiger partial charge in [0, 0.05) is 24.2 Å². The monoisotopic (exact) mass is 444 g/mol.